The Bertz CT molecular complexity index is 666. The van der Waals surface area contributed by atoms with Gasteiger partial charge in [0.25, 0.3) is 0 Å². The van der Waals surface area contributed by atoms with Crippen molar-refractivity contribution in [1.82, 2.24) is 9.97 Å². The predicted octanol–water partition coefficient (Wildman–Crippen LogP) is 3.53. The quantitative estimate of drug-likeness (QED) is 0.685. The van der Waals surface area contributed by atoms with E-state index in [-0.39, 0.29) is 27.4 Å². The lowest BCUT2D eigenvalue weighted by Crippen LogP contribution is -1.99. The third-order valence-corrected chi connectivity index (χ3v) is 2.99. The van der Waals surface area contributed by atoms with Crippen LogP contribution in [0.3, 0.4) is 0 Å². The van der Waals surface area contributed by atoms with Crippen LogP contribution in [0.1, 0.15) is 0 Å². The Hall–Kier alpha value is -2.12. The number of aromatic nitrogens is 2. The summed E-state index contributed by atoms with van der Waals surface area (Å²) in [5.74, 6) is 0.418. The molecular weight excluding hydrogens is 307 g/mol. The van der Waals surface area contributed by atoms with Gasteiger partial charge in [0.05, 0.1) is 15.0 Å². The first-order chi connectivity index (χ1) is 9.51. The summed E-state index contributed by atoms with van der Waals surface area (Å²) >= 11 is 11.6. The lowest BCUT2D eigenvalue weighted by atomic mass is 10.3. The summed E-state index contributed by atoms with van der Waals surface area (Å²) in [5.41, 5.74) is -0.302. The fraction of sp³-hybridized carbons (Fsp3) is 0.0909. The predicted molar refractivity (Wildman–Crippen MR) is 74.8 cm³/mol. The fourth-order valence-electron chi connectivity index (χ4n) is 1.37. The van der Waals surface area contributed by atoms with Crippen LogP contribution in [-0.2, 0) is 0 Å². The van der Waals surface area contributed by atoms with Crippen molar-refractivity contribution in [3.8, 4) is 11.6 Å². The highest BCUT2D eigenvalue weighted by molar-refractivity contribution is 6.42. The average molecular weight is 315 g/mol. The van der Waals surface area contributed by atoms with Crippen LogP contribution in [0, 0.1) is 10.1 Å². The molecule has 20 heavy (non-hydrogen) atoms. The number of nitro benzene ring substituents is 1. The highest BCUT2D eigenvalue weighted by Crippen LogP contribution is 2.37. The van der Waals surface area contributed by atoms with Crippen LogP contribution in [0.2, 0.25) is 10.0 Å². The first-order valence-electron chi connectivity index (χ1n) is 5.33. The molecule has 0 spiro atoms. The van der Waals surface area contributed by atoms with Gasteiger partial charge >= 0.3 is 5.69 Å². The van der Waals surface area contributed by atoms with Crippen molar-refractivity contribution >= 4 is 34.8 Å². The van der Waals surface area contributed by atoms with Crippen molar-refractivity contribution < 1.29 is 9.66 Å². The molecule has 0 unspecified atom stereocenters. The van der Waals surface area contributed by atoms with Gasteiger partial charge in [-0.1, -0.05) is 23.2 Å². The second-order valence-electron chi connectivity index (χ2n) is 3.56. The third kappa shape index (κ3) is 3.06. The molecule has 0 aliphatic heterocycles. The molecule has 9 heteroatoms. The van der Waals surface area contributed by atoms with Gasteiger partial charge in [-0.25, -0.2) is 4.98 Å². The van der Waals surface area contributed by atoms with E-state index in [1.165, 1.54) is 18.3 Å². The van der Waals surface area contributed by atoms with E-state index in [2.05, 4.69) is 15.3 Å². The molecule has 1 N–H and O–H groups in total. The summed E-state index contributed by atoms with van der Waals surface area (Å²) in [6.45, 7) is 0. The maximum absolute atomic E-state index is 11.0. The molecule has 0 saturated heterocycles. The normalized spacial score (nSPS) is 10.2. The molecule has 1 aromatic heterocycles. The van der Waals surface area contributed by atoms with Crippen molar-refractivity contribution in [2.75, 3.05) is 12.4 Å². The molecule has 1 heterocycles. The van der Waals surface area contributed by atoms with Crippen LogP contribution in [0.5, 0.6) is 11.6 Å². The largest absolute Gasteiger partial charge is 0.432 e. The number of nitro groups is 1. The van der Waals surface area contributed by atoms with E-state index >= 15 is 0 Å². The number of hydrogen-bond donors (Lipinski definition) is 1. The summed E-state index contributed by atoms with van der Waals surface area (Å²) in [6, 6.07) is 3.86. The molecular formula is C11H8Cl2N4O3. The van der Waals surface area contributed by atoms with Gasteiger partial charge in [-0.15, -0.1) is 0 Å². The Labute approximate surface area is 123 Å². The monoisotopic (exact) mass is 314 g/mol. The summed E-state index contributed by atoms with van der Waals surface area (Å²) in [5, 5.41) is 13.9. The molecule has 0 aliphatic carbocycles. The second-order valence-corrected chi connectivity index (χ2v) is 4.38. The number of anilines is 1. The minimum absolute atomic E-state index is 0.0508. The molecule has 0 radical (unpaired) electrons. The molecule has 104 valence electrons. The minimum Gasteiger partial charge on any atom is -0.432 e. The highest BCUT2D eigenvalue weighted by atomic mass is 35.5. The number of nitrogens with zero attached hydrogens (tertiary/aromatic N) is 3. The van der Waals surface area contributed by atoms with Gasteiger partial charge in [-0.3, -0.25) is 10.1 Å². The smallest absolute Gasteiger partial charge is 0.313 e. The Balaban J connectivity index is 2.41. The SMILES string of the molecule is CNc1nccc(Oc2cc(Cl)c(Cl)cc2[N+](=O)[O-])n1. The van der Waals surface area contributed by atoms with Crippen LogP contribution >= 0.6 is 23.2 Å². The van der Waals surface area contributed by atoms with Gasteiger partial charge in [0.1, 0.15) is 0 Å². The van der Waals surface area contributed by atoms with E-state index in [1.54, 1.807) is 7.05 Å². The molecule has 0 saturated carbocycles. The molecule has 2 aromatic rings. The number of benzene rings is 1. The Morgan fingerprint density at radius 3 is 2.70 bits per heavy atom. The van der Waals surface area contributed by atoms with Crippen LogP contribution < -0.4 is 10.1 Å². The summed E-state index contributed by atoms with van der Waals surface area (Å²) in [7, 11) is 1.64. The molecule has 1 aromatic carbocycles. The molecule has 0 amide bonds. The molecule has 0 atom stereocenters. The Kier molecular flexibility index (Phi) is 4.21. The van der Waals surface area contributed by atoms with Crippen molar-refractivity contribution in [2.24, 2.45) is 0 Å². The lowest BCUT2D eigenvalue weighted by Gasteiger charge is -2.07. The first-order valence-corrected chi connectivity index (χ1v) is 6.09. The molecule has 0 aliphatic rings. The number of ether oxygens (including phenoxy) is 1. The summed E-state index contributed by atoms with van der Waals surface area (Å²) in [6.07, 6.45) is 1.46. The highest BCUT2D eigenvalue weighted by Gasteiger charge is 2.19. The number of rotatable bonds is 4. The Morgan fingerprint density at radius 2 is 2.05 bits per heavy atom. The van der Waals surface area contributed by atoms with E-state index in [9.17, 15) is 10.1 Å². The summed E-state index contributed by atoms with van der Waals surface area (Å²) in [4.78, 5) is 18.3. The van der Waals surface area contributed by atoms with Crippen molar-refractivity contribution in [3.63, 3.8) is 0 Å². The van der Waals surface area contributed by atoms with Gasteiger partial charge in [-0.05, 0) is 0 Å². The van der Waals surface area contributed by atoms with Crippen LogP contribution in [0.4, 0.5) is 11.6 Å². The van der Waals surface area contributed by atoms with Gasteiger partial charge in [0, 0.05) is 31.4 Å². The maximum Gasteiger partial charge on any atom is 0.313 e. The average Bonchev–Trinajstić information content (AvgIpc) is 2.42. The number of halogens is 2. The third-order valence-electron chi connectivity index (χ3n) is 2.27. The van der Waals surface area contributed by atoms with E-state index < -0.39 is 4.92 Å². The van der Waals surface area contributed by atoms with Crippen LogP contribution in [-0.4, -0.2) is 21.9 Å². The zero-order valence-electron chi connectivity index (χ0n) is 10.1. The van der Waals surface area contributed by atoms with E-state index in [0.717, 1.165) is 6.07 Å². The van der Waals surface area contributed by atoms with Crippen LogP contribution in [0.15, 0.2) is 24.4 Å². The van der Waals surface area contributed by atoms with Crippen molar-refractivity contribution in [3.05, 3.63) is 44.6 Å². The molecule has 0 fully saturated rings. The standard InChI is InChI=1S/C11H8Cl2N4O3/c1-14-11-15-3-2-10(16-11)20-9-5-7(13)6(12)4-8(9)17(18)19/h2-5H,1H3,(H,14,15,16). The van der Waals surface area contributed by atoms with Gasteiger partial charge in [0.15, 0.2) is 0 Å². The zero-order valence-corrected chi connectivity index (χ0v) is 11.6. The van der Waals surface area contributed by atoms with Crippen LogP contribution in [0.25, 0.3) is 0 Å². The number of nitrogens with one attached hydrogen (secondary N) is 1. The van der Waals surface area contributed by atoms with E-state index in [0.29, 0.717) is 5.95 Å². The molecule has 0 bridgehead atoms. The minimum atomic E-state index is -0.613. The Morgan fingerprint density at radius 1 is 1.35 bits per heavy atom. The molecule has 2 rings (SSSR count). The maximum atomic E-state index is 11.0. The second kappa shape index (κ2) is 5.89. The van der Waals surface area contributed by atoms with Gasteiger partial charge in [-0.2, -0.15) is 4.98 Å². The summed E-state index contributed by atoms with van der Waals surface area (Å²) < 4.78 is 5.37. The fourth-order valence-corrected chi connectivity index (χ4v) is 1.69. The molecule has 7 nitrogen and oxygen atoms in total. The van der Waals surface area contributed by atoms with E-state index in [1.807, 2.05) is 0 Å². The lowest BCUT2D eigenvalue weighted by molar-refractivity contribution is -0.385. The van der Waals surface area contributed by atoms with Crippen molar-refractivity contribution in [2.45, 2.75) is 0 Å². The van der Waals surface area contributed by atoms with Gasteiger partial charge < -0.3 is 10.1 Å². The van der Waals surface area contributed by atoms with Crippen molar-refractivity contribution in [1.29, 1.82) is 0 Å². The number of hydrogen-bond acceptors (Lipinski definition) is 6. The topological polar surface area (TPSA) is 90.2 Å². The zero-order chi connectivity index (χ0) is 14.7. The first kappa shape index (κ1) is 14.3. The van der Waals surface area contributed by atoms with E-state index in [4.69, 9.17) is 27.9 Å². The van der Waals surface area contributed by atoms with Gasteiger partial charge in [0.2, 0.25) is 17.6 Å².